The molecule has 0 fully saturated rings. The van der Waals surface area contributed by atoms with Gasteiger partial charge in [0, 0.05) is 6.08 Å². The van der Waals surface area contributed by atoms with Gasteiger partial charge < -0.3 is 5.73 Å². The highest BCUT2D eigenvalue weighted by atomic mass is 32.1. The molecule has 0 aromatic rings. The number of thiocarbonyl (C=S) groups is 1. The number of carbonyl (C=O) groups excluding carboxylic acids is 2. The van der Waals surface area contributed by atoms with Crippen LogP contribution in [0.1, 0.15) is 6.92 Å². The lowest BCUT2D eigenvalue weighted by molar-refractivity contribution is -0.115. The van der Waals surface area contributed by atoms with Crippen LogP contribution in [0.25, 0.3) is 0 Å². The Labute approximate surface area is 87.0 Å². The molecule has 4 N–H and O–H groups in total. The first-order valence-electron chi connectivity index (χ1n) is 3.77. The van der Waals surface area contributed by atoms with Gasteiger partial charge in [0.1, 0.15) is 0 Å². The monoisotopic (exact) mass is 213 g/mol. The summed E-state index contributed by atoms with van der Waals surface area (Å²) in [5.41, 5.74) is 4.77. The molecule has 0 unspecified atom stereocenters. The second-order valence-electron chi connectivity index (χ2n) is 2.19. The van der Waals surface area contributed by atoms with Crippen molar-refractivity contribution in [2.75, 3.05) is 0 Å². The molecule has 0 saturated heterocycles. The lowest BCUT2D eigenvalue weighted by atomic mass is 10.4. The summed E-state index contributed by atoms with van der Waals surface area (Å²) in [7, 11) is 0. The van der Waals surface area contributed by atoms with Crippen LogP contribution in [0, 0.1) is 0 Å². The fraction of sp³-hybridized carbons (Fsp3) is 0.125. The van der Waals surface area contributed by atoms with E-state index in [9.17, 15) is 9.59 Å². The van der Waals surface area contributed by atoms with Crippen molar-refractivity contribution in [1.82, 2.24) is 10.6 Å². The minimum absolute atomic E-state index is 0.118. The lowest BCUT2D eigenvalue weighted by Crippen LogP contribution is -2.43. The van der Waals surface area contributed by atoms with Crippen molar-refractivity contribution in [3.8, 4) is 0 Å². The Morgan fingerprint density at radius 3 is 2.43 bits per heavy atom. The molecule has 5 nitrogen and oxygen atoms in total. The van der Waals surface area contributed by atoms with Gasteiger partial charge in [-0.25, -0.2) is 4.79 Å². The molecule has 0 bridgehead atoms. The summed E-state index contributed by atoms with van der Waals surface area (Å²) in [5, 5.41) is 4.16. The highest BCUT2D eigenvalue weighted by Gasteiger charge is 2.01. The fourth-order valence-corrected chi connectivity index (χ4v) is 0.752. The third-order valence-corrected chi connectivity index (χ3v) is 1.23. The number of nitrogens with two attached hydrogens (primary N) is 1. The fourth-order valence-electron chi connectivity index (χ4n) is 0.551. The molecule has 0 heterocycles. The third-order valence-electron chi connectivity index (χ3n) is 1.02. The molecule has 14 heavy (non-hydrogen) atoms. The largest absolute Gasteiger partial charge is 0.351 e. The van der Waals surface area contributed by atoms with Gasteiger partial charge in [0.2, 0.25) is 5.91 Å². The maximum absolute atomic E-state index is 11.0. The number of hydrogen-bond donors (Lipinski definition) is 3. The second-order valence-corrected chi connectivity index (χ2v) is 2.60. The first-order chi connectivity index (χ1) is 6.56. The van der Waals surface area contributed by atoms with E-state index in [1.54, 1.807) is 18.2 Å². The Morgan fingerprint density at radius 1 is 1.29 bits per heavy atom. The van der Waals surface area contributed by atoms with Crippen molar-refractivity contribution >= 4 is 29.3 Å². The molecule has 3 amide bonds. The van der Waals surface area contributed by atoms with Crippen molar-refractivity contribution in [2.24, 2.45) is 5.73 Å². The van der Waals surface area contributed by atoms with Crippen molar-refractivity contribution < 1.29 is 9.59 Å². The van der Waals surface area contributed by atoms with E-state index in [0.29, 0.717) is 0 Å². The third kappa shape index (κ3) is 6.99. The van der Waals surface area contributed by atoms with E-state index in [4.69, 9.17) is 5.73 Å². The van der Waals surface area contributed by atoms with Gasteiger partial charge in [-0.05, 0) is 19.1 Å². The van der Waals surface area contributed by atoms with Gasteiger partial charge in [0.15, 0.2) is 5.11 Å². The van der Waals surface area contributed by atoms with Gasteiger partial charge in [-0.3, -0.25) is 15.4 Å². The van der Waals surface area contributed by atoms with Crippen LogP contribution in [0.5, 0.6) is 0 Å². The van der Waals surface area contributed by atoms with Gasteiger partial charge in [-0.15, -0.1) is 0 Å². The lowest BCUT2D eigenvalue weighted by Gasteiger charge is -2.02. The molecular formula is C8H11N3O2S. The maximum atomic E-state index is 11.0. The molecule has 0 atom stereocenters. The van der Waals surface area contributed by atoms with E-state index >= 15 is 0 Å². The number of urea groups is 1. The summed E-state index contributed by atoms with van der Waals surface area (Å²) in [4.78, 5) is 21.3. The number of carbonyl (C=O) groups is 2. The van der Waals surface area contributed by atoms with Crippen molar-refractivity contribution in [2.45, 2.75) is 6.92 Å². The molecule has 0 aliphatic heterocycles. The van der Waals surface area contributed by atoms with Crippen LogP contribution in [0.4, 0.5) is 4.79 Å². The molecule has 0 spiro atoms. The summed E-state index contributed by atoms with van der Waals surface area (Å²) < 4.78 is 0. The topological polar surface area (TPSA) is 84.2 Å². The number of amides is 3. The van der Waals surface area contributed by atoms with Crippen molar-refractivity contribution in [1.29, 1.82) is 0 Å². The van der Waals surface area contributed by atoms with Crippen LogP contribution in [0.2, 0.25) is 0 Å². The summed E-state index contributed by atoms with van der Waals surface area (Å²) in [6, 6.07) is -0.812. The van der Waals surface area contributed by atoms with E-state index in [1.807, 2.05) is 6.92 Å². The smallest absolute Gasteiger partial charge is 0.318 e. The molecule has 0 aromatic heterocycles. The van der Waals surface area contributed by atoms with Gasteiger partial charge >= 0.3 is 6.03 Å². The van der Waals surface area contributed by atoms with Crippen LogP contribution >= 0.6 is 12.2 Å². The van der Waals surface area contributed by atoms with Gasteiger partial charge in [-0.1, -0.05) is 18.2 Å². The normalized spacial score (nSPS) is 10.4. The Hall–Kier alpha value is -1.69. The summed E-state index contributed by atoms with van der Waals surface area (Å²) in [6.07, 6.45) is 6.27. The zero-order valence-corrected chi connectivity index (χ0v) is 8.43. The van der Waals surface area contributed by atoms with Crippen LogP contribution in [-0.4, -0.2) is 17.1 Å². The number of primary amides is 1. The van der Waals surface area contributed by atoms with Crippen LogP contribution < -0.4 is 16.4 Å². The molecule has 0 aliphatic rings. The molecule has 76 valence electrons. The molecule has 0 rings (SSSR count). The predicted octanol–water partition coefficient (Wildman–Crippen LogP) is 0.188. The highest BCUT2D eigenvalue weighted by molar-refractivity contribution is 7.80. The number of rotatable bonds is 2. The highest BCUT2D eigenvalue weighted by Crippen LogP contribution is 1.77. The van der Waals surface area contributed by atoms with Crippen LogP contribution in [-0.2, 0) is 4.79 Å². The Bertz CT molecular complexity index is 297. The van der Waals surface area contributed by atoms with Crippen molar-refractivity contribution in [3.05, 3.63) is 24.3 Å². The maximum Gasteiger partial charge on any atom is 0.318 e. The summed E-state index contributed by atoms with van der Waals surface area (Å²) in [6.45, 7) is 1.82. The Morgan fingerprint density at radius 2 is 1.93 bits per heavy atom. The SMILES string of the molecule is CC=CC=CC(=O)NC(=S)NC(N)=O. The first kappa shape index (κ1) is 12.3. The van der Waals surface area contributed by atoms with E-state index in [-0.39, 0.29) is 5.11 Å². The number of nitrogens with one attached hydrogen (secondary N) is 2. The zero-order valence-electron chi connectivity index (χ0n) is 7.61. The second kappa shape index (κ2) is 6.79. The predicted molar refractivity (Wildman–Crippen MR) is 57.4 cm³/mol. The Kier molecular flexibility index (Phi) is 5.97. The standard InChI is InChI=1S/C8H11N3O2S/c1-2-3-4-5-6(12)10-8(14)11-7(9)13/h2-5H,1H3,(H4,9,10,11,12,13,14). The average molecular weight is 213 g/mol. The molecule has 0 saturated carbocycles. The first-order valence-corrected chi connectivity index (χ1v) is 4.18. The molecule has 0 radical (unpaired) electrons. The van der Waals surface area contributed by atoms with Crippen LogP contribution in [0.3, 0.4) is 0 Å². The zero-order chi connectivity index (χ0) is 11.0. The van der Waals surface area contributed by atoms with E-state index in [2.05, 4.69) is 22.9 Å². The molecule has 6 heteroatoms. The van der Waals surface area contributed by atoms with Crippen molar-refractivity contribution in [3.63, 3.8) is 0 Å². The summed E-state index contributed by atoms with van der Waals surface area (Å²) >= 11 is 4.59. The number of hydrogen-bond acceptors (Lipinski definition) is 3. The van der Waals surface area contributed by atoms with Gasteiger partial charge in [0.25, 0.3) is 0 Å². The van der Waals surface area contributed by atoms with Gasteiger partial charge in [0.05, 0.1) is 0 Å². The molecular weight excluding hydrogens is 202 g/mol. The average Bonchev–Trinajstić information content (AvgIpc) is 2.02. The van der Waals surface area contributed by atoms with Gasteiger partial charge in [-0.2, -0.15) is 0 Å². The number of allylic oxidation sites excluding steroid dienone is 3. The molecule has 0 aliphatic carbocycles. The molecule has 0 aromatic carbocycles. The minimum Gasteiger partial charge on any atom is -0.351 e. The van der Waals surface area contributed by atoms with E-state index in [0.717, 1.165) is 0 Å². The van der Waals surface area contributed by atoms with E-state index < -0.39 is 11.9 Å². The quantitative estimate of drug-likeness (QED) is 0.348. The van der Waals surface area contributed by atoms with Crippen LogP contribution in [0.15, 0.2) is 24.3 Å². The van der Waals surface area contributed by atoms with E-state index in [1.165, 1.54) is 6.08 Å². The Balaban J connectivity index is 3.94. The summed E-state index contributed by atoms with van der Waals surface area (Å²) in [5.74, 6) is -0.429. The minimum atomic E-state index is -0.812.